The Labute approximate surface area is 135 Å². The quantitative estimate of drug-likeness (QED) is 0.886. The van der Waals surface area contributed by atoms with Crippen LogP contribution in [0.5, 0.6) is 0 Å². The van der Waals surface area contributed by atoms with Crippen LogP contribution < -0.4 is 5.73 Å². The molecule has 0 saturated heterocycles. The summed E-state index contributed by atoms with van der Waals surface area (Å²) in [6, 6.07) is 10.9. The van der Waals surface area contributed by atoms with E-state index in [1.54, 1.807) is 6.07 Å². The molecule has 23 heavy (non-hydrogen) atoms. The number of halogens is 1. The van der Waals surface area contributed by atoms with Crippen LogP contribution in [-0.4, -0.2) is 6.09 Å². The maximum Gasteiger partial charge on any atom is 0.405 e. The second-order valence-electron chi connectivity index (χ2n) is 6.86. The average molecular weight is 313 g/mol. The van der Waals surface area contributed by atoms with Gasteiger partial charge >= 0.3 is 6.09 Å². The number of primary amides is 1. The molecule has 0 spiro atoms. The van der Waals surface area contributed by atoms with Crippen LogP contribution in [-0.2, 0) is 11.2 Å². The Hall–Kier alpha value is -2.36. The van der Waals surface area contributed by atoms with E-state index in [0.29, 0.717) is 0 Å². The molecule has 3 rings (SSSR count). The number of rotatable bonds is 2. The number of carbonyl (C=O) groups is 1. The standard InChI is InChI=1S/C19H20FNO2/c1-11-8-14(20)5-7-15(11)12-4-6-16-13(9-12)10-19(2,3)17(16)23-18(21)22/h4-9,17H,10H2,1-3H3,(H2,21,22). The Kier molecular flexibility index (Phi) is 3.63. The Bertz CT molecular complexity index is 783. The molecule has 1 aliphatic rings. The smallest absolute Gasteiger partial charge is 0.405 e. The first-order chi connectivity index (χ1) is 10.8. The monoisotopic (exact) mass is 313 g/mol. The van der Waals surface area contributed by atoms with Crippen molar-refractivity contribution in [3.63, 3.8) is 0 Å². The van der Waals surface area contributed by atoms with Gasteiger partial charge in [-0.3, -0.25) is 0 Å². The lowest BCUT2D eigenvalue weighted by atomic mass is 9.87. The van der Waals surface area contributed by atoms with Crippen molar-refractivity contribution in [2.24, 2.45) is 11.1 Å². The zero-order chi connectivity index (χ0) is 16.8. The molecule has 1 unspecified atom stereocenters. The number of amides is 1. The van der Waals surface area contributed by atoms with Crippen molar-refractivity contribution < 1.29 is 13.9 Å². The van der Waals surface area contributed by atoms with Crippen LogP contribution in [0.25, 0.3) is 11.1 Å². The molecule has 1 atom stereocenters. The molecule has 2 N–H and O–H groups in total. The van der Waals surface area contributed by atoms with Crippen LogP contribution in [0.4, 0.5) is 9.18 Å². The van der Waals surface area contributed by atoms with E-state index in [-0.39, 0.29) is 17.3 Å². The van der Waals surface area contributed by atoms with Crippen molar-refractivity contribution in [3.05, 3.63) is 58.9 Å². The van der Waals surface area contributed by atoms with Gasteiger partial charge in [-0.05, 0) is 53.3 Å². The van der Waals surface area contributed by atoms with E-state index in [0.717, 1.165) is 34.2 Å². The molecule has 0 bridgehead atoms. The molecular weight excluding hydrogens is 293 g/mol. The summed E-state index contributed by atoms with van der Waals surface area (Å²) in [5.41, 5.74) is 10.1. The molecule has 0 saturated carbocycles. The van der Waals surface area contributed by atoms with E-state index in [1.165, 1.54) is 12.1 Å². The van der Waals surface area contributed by atoms with Crippen molar-refractivity contribution >= 4 is 6.09 Å². The van der Waals surface area contributed by atoms with Gasteiger partial charge in [-0.1, -0.05) is 38.1 Å². The van der Waals surface area contributed by atoms with Gasteiger partial charge in [0.05, 0.1) is 0 Å². The van der Waals surface area contributed by atoms with Gasteiger partial charge in [-0.15, -0.1) is 0 Å². The number of aryl methyl sites for hydroxylation is 1. The van der Waals surface area contributed by atoms with Crippen LogP contribution in [0.3, 0.4) is 0 Å². The molecular formula is C19H20FNO2. The molecule has 2 aromatic rings. The fourth-order valence-electron chi connectivity index (χ4n) is 3.48. The highest BCUT2D eigenvalue weighted by atomic mass is 19.1. The number of fused-ring (bicyclic) bond motifs is 1. The molecule has 4 heteroatoms. The molecule has 3 nitrogen and oxygen atoms in total. The topological polar surface area (TPSA) is 52.3 Å². The molecule has 0 fully saturated rings. The van der Waals surface area contributed by atoms with Crippen molar-refractivity contribution in [1.82, 2.24) is 0 Å². The minimum Gasteiger partial charge on any atom is -0.441 e. The van der Waals surface area contributed by atoms with E-state index < -0.39 is 6.09 Å². The third-order valence-corrected chi connectivity index (χ3v) is 4.51. The number of ether oxygens (including phenoxy) is 1. The molecule has 120 valence electrons. The van der Waals surface area contributed by atoms with Gasteiger partial charge in [0.15, 0.2) is 0 Å². The number of hydrogen-bond donors (Lipinski definition) is 1. The fourth-order valence-corrected chi connectivity index (χ4v) is 3.48. The Morgan fingerprint density at radius 2 is 2.00 bits per heavy atom. The molecule has 2 aromatic carbocycles. The fraction of sp³-hybridized carbons (Fsp3) is 0.316. The first kappa shape index (κ1) is 15.5. The zero-order valence-electron chi connectivity index (χ0n) is 13.5. The molecule has 1 aliphatic carbocycles. The third-order valence-electron chi connectivity index (χ3n) is 4.51. The number of benzene rings is 2. The minimum absolute atomic E-state index is 0.201. The summed E-state index contributed by atoms with van der Waals surface area (Å²) >= 11 is 0. The van der Waals surface area contributed by atoms with Gasteiger partial charge in [-0.25, -0.2) is 9.18 Å². The second kappa shape index (κ2) is 5.37. The molecule has 0 aliphatic heterocycles. The molecule has 1 amide bonds. The number of carbonyl (C=O) groups excluding carboxylic acids is 1. The average Bonchev–Trinajstić information content (AvgIpc) is 2.68. The second-order valence-corrected chi connectivity index (χ2v) is 6.86. The van der Waals surface area contributed by atoms with Gasteiger partial charge in [0.1, 0.15) is 11.9 Å². The van der Waals surface area contributed by atoms with Crippen LogP contribution in [0.2, 0.25) is 0 Å². The van der Waals surface area contributed by atoms with Crippen LogP contribution in [0.1, 0.15) is 36.6 Å². The molecule has 0 aromatic heterocycles. The van der Waals surface area contributed by atoms with Crippen molar-refractivity contribution in [1.29, 1.82) is 0 Å². The highest BCUT2D eigenvalue weighted by molar-refractivity contribution is 5.69. The van der Waals surface area contributed by atoms with E-state index in [2.05, 4.69) is 19.9 Å². The summed E-state index contributed by atoms with van der Waals surface area (Å²) in [5, 5.41) is 0. The lowest BCUT2D eigenvalue weighted by Gasteiger charge is -2.26. The van der Waals surface area contributed by atoms with Gasteiger partial charge in [0.2, 0.25) is 0 Å². The Morgan fingerprint density at radius 3 is 2.65 bits per heavy atom. The summed E-state index contributed by atoms with van der Waals surface area (Å²) in [5.74, 6) is -0.233. The normalized spacial score (nSPS) is 18.5. The van der Waals surface area contributed by atoms with E-state index >= 15 is 0 Å². The Morgan fingerprint density at radius 1 is 1.26 bits per heavy atom. The van der Waals surface area contributed by atoms with Crippen molar-refractivity contribution in [2.75, 3.05) is 0 Å². The predicted octanol–water partition coefficient (Wildman–Crippen LogP) is 4.52. The highest BCUT2D eigenvalue weighted by Crippen LogP contribution is 2.48. The predicted molar refractivity (Wildman–Crippen MR) is 87.5 cm³/mol. The largest absolute Gasteiger partial charge is 0.441 e. The zero-order valence-corrected chi connectivity index (χ0v) is 13.5. The van der Waals surface area contributed by atoms with E-state index in [1.807, 2.05) is 19.1 Å². The summed E-state index contributed by atoms with van der Waals surface area (Å²) in [6.45, 7) is 6.02. The summed E-state index contributed by atoms with van der Waals surface area (Å²) in [7, 11) is 0. The van der Waals surface area contributed by atoms with Crippen LogP contribution in [0, 0.1) is 18.2 Å². The van der Waals surface area contributed by atoms with Crippen molar-refractivity contribution in [3.8, 4) is 11.1 Å². The third kappa shape index (κ3) is 2.81. The van der Waals surface area contributed by atoms with Crippen LogP contribution >= 0.6 is 0 Å². The van der Waals surface area contributed by atoms with Gasteiger partial charge in [0.25, 0.3) is 0 Å². The van der Waals surface area contributed by atoms with E-state index in [4.69, 9.17) is 10.5 Å². The Balaban J connectivity index is 2.03. The summed E-state index contributed by atoms with van der Waals surface area (Å²) in [6.07, 6.45) is -0.290. The lowest BCUT2D eigenvalue weighted by Crippen LogP contribution is -2.25. The van der Waals surface area contributed by atoms with Gasteiger partial charge in [-0.2, -0.15) is 0 Å². The summed E-state index contributed by atoms with van der Waals surface area (Å²) in [4.78, 5) is 11.2. The highest BCUT2D eigenvalue weighted by Gasteiger charge is 2.41. The molecule has 0 radical (unpaired) electrons. The molecule has 0 heterocycles. The van der Waals surface area contributed by atoms with Crippen molar-refractivity contribution in [2.45, 2.75) is 33.3 Å². The van der Waals surface area contributed by atoms with Gasteiger partial charge < -0.3 is 10.5 Å². The minimum atomic E-state index is -0.755. The lowest BCUT2D eigenvalue weighted by molar-refractivity contribution is 0.0392. The van der Waals surface area contributed by atoms with E-state index in [9.17, 15) is 9.18 Å². The maximum absolute atomic E-state index is 13.3. The van der Waals surface area contributed by atoms with Gasteiger partial charge in [0, 0.05) is 5.41 Å². The SMILES string of the molecule is Cc1cc(F)ccc1-c1ccc2c(c1)CC(C)(C)C2OC(N)=O. The first-order valence-electron chi connectivity index (χ1n) is 7.63. The first-order valence-corrected chi connectivity index (χ1v) is 7.63. The number of hydrogen-bond acceptors (Lipinski definition) is 2. The number of nitrogens with two attached hydrogens (primary N) is 1. The summed E-state index contributed by atoms with van der Waals surface area (Å²) < 4.78 is 18.6. The maximum atomic E-state index is 13.3. The van der Waals surface area contributed by atoms with Crippen LogP contribution in [0.15, 0.2) is 36.4 Å².